The molecule has 0 aliphatic carbocycles. The van der Waals surface area contributed by atoms with Crippen LogP contribution in [-0.2, 0) is 6.18 Å². The number of rotatable bonds is 3. The van der Waals surface area contributed by atoms with E-state index < -0.39 is 11.7 Å². The molecule has 0 atom stereocenters. The van der Waals surface area contributed by atoms with Crippen LogP contribution in [0.25, 0.3) is 5.69 Å². The molecule has 3 aromatic rings. The minimum Gasteiger partial charge on any atom is -0.323 e. The normalized spacial score (nSPS) is 11.1. The molecule has 0 bridgehead atoms. The summed E-state index contributed by atoms with van der Waals surface area (Å²) in [5.41, 5.74) is 0.459. The van der Waals surface area contributed by atoms with E-state index in [1.54, 1.807) is 24.3 Å². The van der Waals surface area contributed by atoms with E-state index >= 15 is 0 Å². The van der Waals surface area contributed by atoms with Crippen LogP contribution in [0.5, 0.6) is 0 Å². The fourth-order valence-electron chi connectivity index (χ4n) is 2.01. The number of hydrogen-bond acceptors (Lipinski definition) is 5. The first kappa shape index (κ1) is 15.5. The van der Waals surface area contributed by atoms with Gasteiger partial charge in [-0.25, -0.2) is 0 Å². The van der Waals surface area contributed by atoms with Crippen LogP contribution >= 0.6 is 0 Å². The molecule has 9 heteroatoms. The second-order valence-electron chi connectivity index (χ2n) is 4.78. The lowest BCUT2D eigenvalue weighted by molar-refractivity contribution is -0.137. The van der Waals surface area contributed by atoms with Crippen molar-refractivity contribution in [1.29, 1.82) is 5.26 Å². The van der Waals surface area contributed by atoms with Gasteiger partial charge in [-0.15, -0.1) is 0 Å². The predicted molar refractivity (Wildman–Crippen MR) is 78.6 cm³/mol. The van der Waals surface area contributed by atoms with Crippen molar-refractivity contribution in [2.75, 3.05) is 5.32 Å². The molecule has 2 aromatic carbocycles. The molecular weight excluding hydrogens is 321 g/mol. The van der Waals surface area contributed by atoms with Gasteiger partial charge >= 0.3 is 6.18 Å². The maximum absolute atomic E-state index is 12.8. The van der Waals surface area contributed by atoms with Crippen molar-refractivity contribution < 1.29 is 13.2 Å². The Morgan fingerprint density at radius 3 is 2.50 bits per heavy atom. The zero-order valence-corrected chi connectivity index (χ0v) is 12.0. The van der Waals surface area contributed by atoms with Crippen molar-refractivity contribution in [1.82, 2.24) is 20.2 Å². The number of hydrogen-bond donors (Lipinski definition) is 1. The Labute approximate surface area is 134 Å². The molecule has 0 saturated heterocycles. The van der Waals surface area contributed by atoms with Gasteiger partial charge in [0.25, 0.3) is 5.95 Å². The molecular formula is C15H9F3N6. The lowest BCUT2D eigenvalue weighted by Crippen LogP contribution is -2.08. The number of tetrazole rings is 1. The number of anilines is 2. The molecule has 0 unspecified atom stereocenters. The Hall–Kier alpha value is -3.41. The lowest BCUT2D eigenvalue weighted by Gasteiger charge is -2.10. The summed E-state index contributed by atoms with van der Waals surface area (Å²) in [5.74, 6) is 0.152. The molecule has 0 aliphatic heterocycles. The molecule has 1 heterocycles. The predicted octanol–water partition coefficient (Wildman–Crippen LogP) is 3.30. The van der Waals surface area contributed by atoms with Gasteiger partial charge in [-0.1, -0.05) is 11.2 Å². The van der Waals surface area contributed by atoms with E-state index in [0.717, 1.165) is 16.8 Å². The summed E-state index contributed by atoms with van der Waals surface area (Å²) in [4.78, 5) is 0. The van der Waals surface area contributed by atoms with Gasteiger partial charge < -0.3 is 5.32 Å². The van der Waals surface area contributed by atoms with Crippen molar-refractivity contribution in [2.45, 2.75) is 6.18 Å². The quantitative estimate of drug-likeness (QED) is 0.797. The number of nitrogens with one attached hydrogen (secondary N) is 1. The van der Waals surface area contributed by atoms with Crippen LogP contribution in [0.4, 0.5) is 24.8 Å². The smallest absolute Gasteiger partial charge is 0.323 e. The molecule has 24 heavy (non-hydrogen) atoms. The highest BCUT2D eigenvalue weighted by atomic mass is 19.4. The van der Waals surface area contributed by atoms with E-state index in [9.17, 15) is 13.2 Å². The molecule has 3 rings (SSSR count). The third-order valence-electron chi connectivity index (χ3n) is 3.16. The van der Waals surface area contributed by atoms with Crippen LogP contribution in [-0.4, -0.2) is 20.2 Å². The van der Waals surface area contributed by atoms with Crippen LogP contribution < -0.4 is 5.32 Å². The number of aromatic nitrogens is 4. The Morgan fingerprint density at radius 2 is 1.83 bits per heavy atom. The van der Waals surface area contributed by atoms with Gasteiger partial charge in [0.1, 0.15) is 0 Å². The third kappa shape index (κ3) is 3.17. The summed E-state index contributed by atoms with van der Waals surface area (Å²) in [6.45, 7) is 0. The van der Waals surface area contributed by atoms with Crippen LogP contribution in [0.3, 0.4) is 0 Å². The second-order valence-corrected chi connectivity index (χ2v) is 4.78. The summed E-state index contributed by atoms with van der Waals surface area (Å²) in [6, 6.07) is 13.2. The van der Waals surface area contributed by atoms with Crippen LogP contribution in [0.1, 0.15) is 11.1 Å². The molecule has 0 radical (unpaired) electrons. The van der Waals surface area contributed by atoms with Crippen LogP contribution in [0, 0.1) is 11.3 Å². The van der Waals surface area contributed by atoms with E-state index in [4.69, 9.17) is 5.26 Å². The first-order valence-electron chi connectivity index (χ1n) is 6.70. The van der Waals surface area contributed by atoms with Crippen LogP contribution in [0.15, 0.2) is 48.5 Å². The first-order valence-corrected chi connectivity index (χ1v) is 6.70. The van der Waals surface area contributed by atoms with Crippen LogP contribution in [0.2, 0.25) is 0 Å². The van der Waals surface area contributed by atoms with E-state index in [1.165, 1.54) is 12.1 Å². The average Bonchev–Trinajstić information content (AvgIpc) is 3.03. The van der Waals surface area contributed by atoms with Crippen molar-refractivity contribution in [3.05, 3.63) is 59.7 Å². The highest BCUT2D eigenvalue weighted by molar-refractivity contribution is 5.56. The topological polar surface area (TPSA) is 79.4 Å². The fourth-order valence-corrected chi connectivity index (χ4v) is 2.01. The molecule has 0 amide bonds. The number of nitriles is 1. The SMILES string of the molecule is N#Cc1ccc(Nc2nnnn2-c2cccc(C(F)(F)F)c2)cc1. The lowest BCUT2D eigenvalue weighted by atomic mass is 10.2. The Bertz CT molecular complexity index is 893. The summed E-state index contributed by atoms with van der Waals surface area (Å²) in [5, 5.41) is 22.6. The molecule has 120 valence electrons. The molecule has 6 nitrogen and oxygen atoms in total. The first-order chi connectivity index (χ1) is 11.5. The Kier molecular flexibility index (Phi) is 3.87. The molecule has 1 aromatic heterocycles. The summed E-state index contributed by atoms with van der Waals surface area (Å²) < 4.78 is 39.6. The van der Waals surface area contributed by atoms with Gasteiger partial charge in [0, 0.05) is 5.69 Å². The van der Waals surface area contributed by atoms with Gasteiger partial charge in [-0.05, 0) is 52.9 Å². The average molecular weight is 330 g/mol. The van der Waals surface area contributed by atoms with E-state index in [-0.39, 0.29) is 11.6 Å². The van der Waals surface area contributed by atoms with E-state index in [0.29, 0.717) is 11.3 Å². The van der Waals surface area contributed by atoms with Gasteiger partial charge in [-0.3, -0.25) is 0 Å². The number of benzene rings is 2. The minimum atomic E-state index is -4.45. The Balaban J connectivity index is 1.92. The monoisotopic (exact) mass is 330 g/mol. The maximum atomic E-state index is 12.8. The molecule has 0 aliphatic rings. The minimum absolute atomic E-state index is 0.152. The molecule has 0 spiro atoms. The van der Waals surface area contributed by atoms with Crippen molar-refractivity contribution in [3.8, 4) is 11.8 Å². The highest BCUT2D eigenvalue weighted by Gasteiger charge is 2.30. The van der Waals surface area contributed by atoms with Crippen molar-refractivity contribution in [3.63, 3.8) is 0 Å². The van der Waals surface area contributed by atoms with Gasteiger partial charge in [-0.2, -0.15) is 23.1 Å². The van der Waals surface area contributed by atoms with Gasteiger partial charge in [0.15, 0.2) is 0 Å². The second kappa shape index (κ2) is 6.00. The summed E-state index contributed by atoms with van der Waals surface area (Å²) in [6.07, 6.45) is -4.45. The zero-order chi connectivity index (χ0) is 17.2. The number of alkyl halides is 3. The molecule has 0 fully saturated rings. The van der Waals surface area contributed by atoms with Crippen molar-refractivity contribution in [2.24, 2.45) is 0 Å². The largest absolute Gasteiger partial charge is 0.416 e. The summed E-state index contributed by atoms with van der Waals surface area (Å²) in [7, 11) is 0. The molecule has 0 saturated carbocycles. The van der Waals surface area contributed by atoms with Gasteiger partial charge in [0.05, 0.1) is 22.9 Å². The fraction of sp³-hybridized carbons (Fsp3) is 0.0667. The summed E-state index contributed by atoms with van der Waals surface area (Å²) >= 11 is 0. The maximum Gasteiger partial charge on any atom is 0.416 e. The Morgan fingerprint density at radius 1 is 1.08 bits per heavy atom. The highest BCUT2D eigenvalue weighted by Crippen LogP contribution is 2.30. The number of nitrogens with zero attached hydrogens (tertiary/aromatic N) is 5. The molecule has 1 N–H and O–H groups in total. The zero-order valence-electron chi connectivity index (χ0n) is 12.0. The van der Waals surface area contributed by atoms with E-state index in [1.807, 2.05) is 6.07 Å². The van der Waals surface area contributed by atoms with E-state index in [2.05, 4.69) is 20.8 Å². The third-order valence-corrected chi connectivity index (χ3v) is 3.16. The van der Waals surface area contributed by atoms with Gasteiger partial charge in [0.2, 0.25) is 0 Å². The standard InChI is InChI=1S/C15H9F3N6/c16-15(17,18)11-2-1-3-13(8-11)24-14(21-22-23-24)20-12-6-4-10(9-19)5-7-12/h1-8H,(H,20,21,23). The van der Waals surface area contributed by atoms with Crippen molar-refractivity contribution >= 4 is 11.6 Å². The number of halogens is 3.